The van der Waals surface area contributed by atoms with Gasteiger partial charge in [0, 0.05) is 25.7 Å². The molecule has 4 N–H and O–H groups in total. The van der Waals surface area contributed by atoms with Crippen LogP contribution in [-0.4, -0.2) is 36.1 Å². The van der Waals surface area contributed by atoms with E-state index < -0.39 is 0 Å². The van der Waals surface area contributed by atoms with Crippen LogP contribution in [0.3, 0.4) is 0 Å². The zero-order chi connectivity index (χ0) is 20.8. The van der Waals surface area contributed by atoms with Crippen molar-refractivity contribution in [2.45, 2.75) is 12.8 Å². The molecule has 8 heteroatoms. The predicted octanol–water partition coefficient (Wildman–Crippen LogP) is 3.49. The largest absolute Gasteiger partial charge is 0.370 e. The number of nitrogens with one attached hydrogen (secondary N) is 2. The number of nitrogens with zero attached hydrogens (tertiary/aromatic N) is 3. The minimum Gasteiger partial charge on any atom is -0.370 e. The first-order chi connectivity index (χ1) is 14.0. The topological polar surface area (TPSA) is 104 Å². The molecule has 0 saturated heterocycles. The molecule has 0 unspecified atom stereocenters. The van der Waals surface area contributed by atoms with Crippen LogP contribution in [0.5, 0.6) is 0 Å². The van der Waals surface area contributed by atoms with Crippen LogP contribution in [0.1, 0.15) is 11.3 Å². The van der Waals surface area contributed by atoms with Crippen LogP contribution < -0.4 is 11.1 Å². The summed E-state index contributed by atoms with van der Waals surface area (Å²) >= 11 is 0. The van der Waals surface area contributed by atoms with E-state index in [1.807, 2.05) is 36.4 Å². The predicted molar refractivity (Wildman–Crippen MR) is 112 cm³/mol. The summed E-state index contributed by atoms with van der Waals surface area (Å²) in [6.45, 7) is 0. The van der Waals surface area contributed by atoms with Crippen molar-refractivity contribution in [3.63, 3.8) is 0 Å². The average molecular weight is 394 g/mol. The van der Waals surface area contributed by atoms with E-state index in [4.69, 9.17) is 15.7 Å². The second-order valence-electron chi connectivity index (χ2n) is 6.48. The lowest BCUT2D eigenvalue weighted by atomic mass is 10.0. The summed E-state index contributed by atoms with van der Waals surface area (Å²) in [4.78, 5) is 5.41. The lowest BCUT2D eigenvalue weighted by Crippen LogP contribution is -2.41. The van der Waals surface area contributed by atoms with Gasteiger partial charge in [-0.1, -0.05) is 47.6 Å². The van der Waals surface area contributed by atoms with Gasteiger partial charge in [-0.2, -0.15) is 0 Å². The summed E-state index contributed by atoms with van der Waals surface area (Å²) in [5, 5.41) is 14.4. The van der Waals surface area contributed by atoms with Crippen molar-refractivity contribution in [2.24, 2.45) is 10.7 Å². The number of halogens is 1. The van der Waals surface area contributed by atoms with Crippen molar-refractivity contribution < 1.29 is 8.91 Å². The molecule has 0 amide bonds. The summed E-state index contributed by atoms with van der Waals surface area (Å²) in [5.41, 5.74) is 8.50. The molecule has 0 spiro atoms. The maximum atomic E-state index is 14.5. The molecule has 1 heterocycles. The van der Waals surface area contributed by atoms with Gasteiger partial charge in [-0.25, -0.2) is 4.39 Å². The van der Waals surface area contributed by atoms with Gasteiger partial charge < -0.3 is 10.3 Å². The molecule has 3 aromatic rings. The van der Waals surface area contributed by atoms with Gasteiger partial charge >= 0.3 is 0 Å². The highest BCUT2D eigenvalue weighted by Gasteiger charge is 2.12. The monoisotopic (exact) mass is 394 g/mol. The van der Waals surface area contributed by atoms with Crippen molar-refractivity contribution in [3.8, 4) is 11.1 Å². The van der Waals surface area contributed by atoms with Gasteiger partial charge in [0.25, 0.3) is 0 Å². The first-order valence-corrected chi connectivity index (χ1v) is 9.09. The molecule has 0 aliphatic carbocycles. The Morgan fingerprint density at radius 3 is 2.62 bits per heavy atom. The fraction of sp³-hybridized carbons (Fsp3) is 0.190. The van der Waals surface area contributed by atoms with Gasteiger partial charge in [0.2, 0.25) is 11.8 Å². The van der Waals surface area contributed by atoms with E-state index in [0.29, 0.717) is 30.2 Å². The molecule has 0 fully saturated rings. The van der Waals surface area contributed by atoms with Crippen LogP contribution in [0, 0.1) is 11.2 Å². The van der Waals surface area contributed by atoms with Gasteiger partial charge in [-0.15, -0.1) is 0 Å². The number of guanidine groups is 2. The van der Waals surface area contributed by atoms with Crippen LogP contribution in [0.15, 0.2) is 64.1 Å². The van der Waals surface area contributed by atoms with Gasteiger partial charge in [0.15, 0.2) is 5.96 Å². The van der Waals surface area contributed by atoms with Crippen molar-refractivity contribution in [3.05, 3.63) is 71.7 Å². The van der Waals surface area contributed by atoms with Crippen LogP contribution >= 0.6 is 0 Å². The highest BCUT2D eigenvalue weighted by Crippen LogP contribution is 2.24. The number of aromatic nitrogens is 1. The van der Waals surface area contributed by atoms with E-state index in [1.165, 1.54) is 4.90 Å². The Hall–Kier alpha value is -3.68. The molecule has 29 heavy (non-hydrogen) atoms. The lowest BCUT2D eigenvalue weighted by molar-refractivity contribution is 0.426. The van der Waals surface area contributed by atoms with Crippen molar-refractivity contribution in [2.75, 3.05) is 19.4 Å². The minimum absolute atomic E-state index is 0.154. The van der Waals surface area contributed by atoms with E-state index in [0.717, 1.165) is 16.8 Å². The van der Waals surface area contributed by atoms with Crippen molar-refractivity contribution in [1.29, 1.82) is 5.41 Å². The lowest BCUT2D eigenvalue weighted by Gasteiger charge is -2.18. The van der Waals surface area contributed by atoms with Gasteiger partial charge in [0.1, 0.15) is 5.82 Å². The normalized spacial score (nSPS) is 11.3. The third-order valence-electron chi connectivity index (χ3n) is 4.47. The zero-order valence-corrected chi connectivity index (χ0v) is 16.3. The Morgan fingerprint density at radius 1 is 1.21 bits per heavy atom. The van der Waals surface area contributed by atoms with Gasteiger partial charge in [-0.3, -0.25) is 20.6 Å². The number of hydrogen-bond acceptors (Lipinski definition) is 4. The number of aliphatic imine (C=N–C) groups is 1. The maximum absolute atomic E-state index is 14.5. The first kappa shape index (κ1) is 20.1. The highest BCUT2D eigenvalue weighted by atomic mass is 19.1. The van der Waals surface area contributed by atoms with Gasteiger partial charge in [-0.05, 0) is 30.0 Å². The van der Waals surface area contributed by atoms with Crippen LogP contribution in [-0.2, 0) is 12.8 Å². The van der Waals surface area contributed by atoms with E-state index >= 15 is 0 Å². The molecule has 7 nitrogen and oxygen atoms in total. The number of anilines is 1. The molecule has 0 radical (unpaired) electrons. The minimum atomic E-state index is -0.243. The second kappa shape index (κ2) is 9.01. The fourth-order valence-corrected chi connectivity index (χ4v) is 2.84. The summed E-state index contributed by atoms with van der Waals surface area (Å²) in [5.74, 6) is 0.351. The molecule has 150 valence electrons. The summed E-state index contributed by atoms with van der Waals surface area (Å²) in [6, 6.07) is 16.5. The van der Waals surface area contributed by atoms with Gasteiger partial charge in [0.05, 0.1) is 5.69 Å². The molecule has 0 aliphatic heterocycles. The molecule has 0 atom stereocenters. The standard InChI is InChI=1S/C21H23FN6O/c1-25-21(28(2)20(23)24)26-19-13-16(27-29-19)10-8-14-9-11-17(18(22)12-14)15-6-4-3-5-7-15/h3-7,9,11-13H,8,10H2,1-2H3,(H3,23,24)(H,25,26). The maximum Gasteiger partial charge on any atom is 0.231 e. The molecular formula is C21H23FN6O. The van der Waals surface area contributed by atoms with Crippen LogP contribution in [0.2, 0.25) is 0 Å². The van der Waals surface area contributed by atoms with E-state index in [1.54, 1.807) is 32.3 Å². The number of rotatable bonds is 5. The fourth-order valence-electron chi connectivity index (χ4n) is 2.84. The molecule has 2 aromatic carbocycles. The molecular weight excluding hydrogens is 371 g/mol. The van der Waals surface area contributed by atoms with Crippen LogP contribution in [0.25, 0.3) is 11.1 Å². The van der Waals surface area contributed by atoms with E-state index in [2.05, 4.69) is 15.5 Å². The SMILES string of the molecule is CN=C(Nc1cc(CCc2ccc(-c3ccccc3)c(F)c2)no1)N(C)C(=N)N. The second-order valence-corrected chi connectivity index (χ2v) is 6.48. The third kappa shape index (κ3) is 4.98. The Kier molecular flexibility index (Phi) is 6.23. The number of aryl methyl sites for hydroxylation is 2. The quantitative estimate of drug-likeness (QED) is 0.454. The Balaban J connectivity index is 1.62. The Labute approximate surface area is 168 Å². The van der Waals surface area contributed by atoms with Crippen LogP contribution in [0.4, 0.5) is 10.3 Å². The Morgan fingerprint density at radius 2 is 1.97 bits per heavy atom. The Bertz CT molecular complexity index is 1020. The molecule has 0 saturated carbocycles. The smallest absolute Gasteiger partial charge is 0.231 e. The van der Waals surface area contributed by atoms with E-state index in [9.17, 15) is 4.39 Å². The first-order valence-electron chi connectivity index (χ1n) is 9.09. The molecule has 3 rings (SSSR count). The summed E-state index contributed by atoms with van der Waals surface area (Å²) in [6.07, 6.45) is 1.22. The number of hydrogen-bond donors (Lipinski definition) is 3. The van der Waals surface area contributed by atoms with Crippen molar-refractivity contribution in [1.82, 2.24) is 10.1 Å². The number of benzene rings is 2. The summed E-state index contributed by atoms with van der Waals surface area (Å²) < 4.78 is 19.8. The average Bonchev–Trinajstić information content (AvgIpc) is 3.18. The number of nitrogens with two attached hydrogens (primary N) is 1. The molecule has 0 bridgehead atoms. The highest BCUT2D eigenvalue weighted by molar-refractivity contribution is 6.02. The summed E-state index contributed by atoms with van der Waals surface area (Å²) in [7, 11) is 3.19. The zero-order valence-electron chi connectivity index (χ0n) is 16.3. The molecule has 1 aromatic heterocycles. The molecule has 0 aliphatic rings. The van der Waals surface area contributed by atoms with E-state index in [-0.39, 0.29) is 11.8 Å². The van der Waals surface area contributed by atoms with Crippen molar-refractivity contribution >= 4 is 17.8 Å². The third-order valence-corrected chi connectivity index (χ3v) is 4.47.